The van der Waals surface area contributed by atoms with Crippen molar-refractivity contribution >= 4 is 15.9 Å². The van der Waals surface area contributed by atoms with E-state index >= 15 is 0 Å². The second-order valence-electron chi connectivity index (χ2n) is 5.83. The van der Waals surface area contributed by atoms with Gasteiger partial charge >= 0.3 is 5.97 Å². The molecule has 1 atom stereocenters. The van der Waals surface area contributed by atoms with Crippen LogP contribution in [0.25, 0.3) is 0 Å². The van der Waals surface area contributed by atoms with E-state index in [0.717, 1.165) is 18.9 Å². The van der Waals surface area contributed by atoms with Crippen molar-refractivity contribution in [3.63, 3.8) is 0 Å². The minimum atomic E-state index is -2.13. The van der Waals surface area contributed by atoms with Gasteiger partial charge in [-0.2, -0.15) is 0 Å². The van der Waals surface area contributed by atoms with Crippen molar-refractivity contribution in [2.45, 2.75) is 37.5 Å². The zero-order chi connectivity index (χ0) is 15.8. The topological polar surface area (TPSA) is 72.8 Å². The highest BCUT2D eigenvalue weighted by atomic mass is 32.2. The predicted octanol–water partition coefficient (Wildman–Crippen LogP) is 0.928. The van der Waals surface area contributed by atoms with Crippen molar-refractivity contribution in [1.82, 2.24) is 0 Å². The van der Waals surface area contributed by atoms with E-state index in [2.05, 4.69) is 11.3 Å². The SMILES string of the molecule is C=CC(=O)OCC(O)COCCCC(C)(C)[SH](C)(C)=O. The molecule has 120 valence electrons. The zero-order valence-corrected chi connectivity index (χ0v) is 13.8. The quantitative estimate of drug-likeness (QED) is 0.272. The van der Waals surface area contributed by atoms with Gasteiger partial charge in [0.2, 0.25) is 0 Å². The van der Waals surface area contributed by atoms with Crippen LogP contribution in [0.2, 0.25) is 0 Å². The van der Waals surface area contributed by atoms with Gasteiger partial charge in [0.1, 0.15) is 12.7 Å². The first kappa shape index (κ1) is 19.3. The molecule has 5 nitrogen and oxygen atoms in total. The molecule has 0 aliphatic heterocycles. The van der Waals surface area contributed by atoms with Crippen LogP contribution in [0.5, 0.6) is 0 Å². The first-order valence-corrected chi connectivity index (χ1v) is 9.30. The van der Waals surface area contributed by atoms with Crippen molar-refractivity contribution in [1.29, 1.82) is 0 Å². The van der Waals surface area contributed by atoms with Crippen LogP contribution < -0.4 is 0 Å². The molecule has 0 rings (SSSR count). The first-order valence-electron chi connectivity index (χ1n) is 6.70. The van der Waals surface area contributed by atoms with E-state index in [9.17, 15) is 14.1 Å². The largest absolute Gasteiger partial charge is 0.460 e. The highest BCUT2D eigenvalue weighted by Gasteiger charge is 2.26. The van der Waals surface area contributed by atoms with Gasteiger partial charge in [-0.15, -0.1) is 9.93 Å². The van der Waals surface area contributed by atoms with E-state index in [1.807, 2.05) is 13.8 Å². The van der Waals surface area contributed by atoms with E-state index in [1.54, 1.807) is 12.5 Å². The Balaban J connectivity index is 3.74. The Kier molecular flexibility index (Phi) is 8.23. The van der Waals surface area contributed by atoms with Crippen LogP contribution >= 0.6 is 0 Å². The fraction of sp³-hybridized carbons (Fsp3) is 0.786. The molecule has 0 radical (unpaired) electrons. The number of thiol groups is 1. The number of aliphatic hydroxyl groups is 1. The molecule has 6 heteroatoms. The summed E-state index contributed by atoms with van der Waals surface area (Å²) >= 11 is 0. The van der Waals surface area contributed by atoms with Crippen LogP contribution in [0, 0.1) is 0 Å². The van der Waals surface area contributed by atoms with Gasteiger partial charge in [0.05, 0.1) is 6.61 Å². The Hall–Kier alpha value is -0.720. The second-order valence-corrected chi connectivity index (χ2v) is 9.74. The van der Waals surface area contributed by atoms with Gasteiger partial charge in [-0.05, 0) is 25.4 Å². The molecule has 0 heterocycles. The van der Waals surface area contributed by atoms with Gasteiger partial charge in [-0.3, -0.25) is 4.21 Å². The lowest BCUT2D eigenvalue weighted by Crippen LogP contribution is -2.36. The summed E-state index contributed by atoms with van der Waals surface area (Å²) in [5.41, 5.74) is 0. The third-order valence-corrected chi connectivity index (χ3v) is 6.57. The monoisotopic (exact) mass is 308 g/mol. The van der Waals surface area contributed by atoms with Crippen LogP contribution in [-0.4, -0.2) is 58.5 Å². The third-order valence-electron chi connectivity index (χ3n) is 3.43. The van der Waals surface area contributed by atoms with Crippen LogP contribution in [0.15, 0.2) is 12.7 Å². The normalized spacial score (nSPS) is 14.7. The molecule has 0 saturated heterocycles. The maximum Gasteiger partial charge on any atom is 0.330 e. The number of ether oxygens (including phenoxy) is 2. The summed E-state index contributed by atoms with van der Waals surface area (Å²) < 4.78 is 21.8. The molecule has 1 unspecified atom stereocenters. The van der Waals surface area contributed by atoms with Crippen molar-refractivity contribution in [3.05, 3.63) is 12.7 Å². The lowest BCUT2D eigenvalue weighted by molar-refractivity contribution is -0.141. The van der Waals surface area contributed by atoms with Crippen molar-refractivity contribution in [3.8, 4) is 0 Å². The fourth-order valence-electron chi connectivity index (χ4n) is 1.38. The van der Waals surface area contributed by atoms with Crippen molar-refractivity contribution < 1.29 is 23.6 Å². The molecular weight excluding hydrogens is 280 g/mol. The minimum Gasteiger partial charge on any atom is -0.460 e. The van der Waals surface area contributed by atoms with Gasteiger partial charge < -0.3 is 14.6 Å². The third kappa shape index (κ3) is 7.77. The maximum atomic E-state index is 12.0. The minimum absolute atomic E-state index is 0.102. The first-order chi connectivity index (χ1) is 9.10. The molecule has 0 aromatic rings. The fourth-order valence-corrected chi connectivity index (χ4v) is 2.08. The van der Waals surface area contributed by atoms with E-state index in [1.165, 1.54) is 0 Å². The van der Waals surface area contributed by atoms with Crippen LogP contribution in [0.4, 0.5) is 0 Å². The summed E-state index contributed by atoms with van der Waals surface area (Å²) in [7, 11) is -2.13. The summed E-state index contributed by atoms with van der Waals surface area (Å²) in [5.74, 6) is -0.563. The number of rotatable bonds is 10. The molecular formula is C14H28O5S. The zero-order valence-electron chi connectivity index (χ0n) is 12.9. The summed E-state index contributed by atoms with van der Waals surface area (Å²) in [6.07, 6.45) is 5.38. The second kappa shape index (κ2) is 8.54. The van der Waals surface area contributed by atoms with Crippen LogP contribution in [0.1, 0.15) is 26.7 Å². The highest BCUT2D eigenvalue weighted by Crippen LogP contribution is 2.25. The average molecular weight is 308 g/mol. The van der Waals surface area contributed by atoms with E-state index < -0.39 is 22.0 Å². The highest BCUT2D eigenvalue weighted by molar-refractivity contribution is 8.02. The van der Waals surface area contributed by atoms with Crippen molar-refractivity contribution in [2.24, 2.45) is 0 Å². The molecule has 0 saturated carbocycles. The Labute approximate surface area is 122 Å². The van der Waals surface area contributed by atoms with Crippen molar-refractivity contribution in [2.75, 3.05) is 32.3 Å². The molecule has 0 fully saturated rings. The lowest BCUT2D eigenvalue weighted by atomic mass is 10.1. The molecule has 0 amide bonds. The maximum absolute atomic E-state index is 12.0. The Morgan fingerprint density at radius 2 is 2.00 bits per heavy atom. The molecule has 0 aromatic heterocycles. The van der Waals surface area contributed by atoms with Crippen LogP contribution in [0.3, 0.4) is 0 Å². The smallest absolute Gasteiger partial charge is 0.330 e. The number of hydrogen-bond donors (Lipinski definition) is 2. The standard InChI is InChI=1S/C14H28O5S/c1-6-13(16)19-11-12(15)10-18-9-7-8-14(2,3)20(4,5)17/h6,12,15,20H,1,7-11H2,2-5H3. The Morgan fingerprint density at radius 3 is 2.50 bits per heavy atom. The van der Waals surface area contributed by atoms with Gasteiger partial charge in [0.25, 0.3) is 0 Å². The number of aliphatic hydroxyl groups excluding tert-OH is 1. The van der Waals surface area contributed by atoms with E-state index in [0.29, 0.717) is 6.61 Å². The molecule has 0 bridgehead atoms. The number of carbonyl (C=O) groups excluding carboxylic acids is 1. The molecule has 0 aliphatic rings. The molecule has 0 aromatic carbocycles. The molecule has 0 aliphatic carbocycles. The number of carbonyl (C=O) groups is 1. The molecule has 1 N–H and O–H groups in total. The molecule has 20 heavy (non-hydrogen) atoms. The predicted molar refractivity (Wildman–Crippen MR) is 82.7 cm³/mol. The van der Waals surface area contributed by atoms with Gasteiger partial charge in [-0.1, -0.05) is 20.4 Å². The summed E-state index contributed by atoms with van der Waals surface area (Å²) in [5, 5.41) is 9.50. The number of hydrogen-bond acceptors (Lipinski definition) is 5. The van der Waals surface area contributed by atoms with E-state index in [4.69, 9.17) is 4.74 Å². The summed E-state index contributed by atoms with van der Waals surface area (Å²) in [4.78, 5) is 10.8. The molecule has 0 spiro atoms. The van der Waals surface area contributed by atoms with Crippen LogP contribution in [-0.2, 0) is 24.2 Å². The van der Waals surface area contributed by atoms with Gasteiger partial charge in [0, 0.05) is 17.4 Å². The Morgan fingerprint density at radius 1 is 1.40 bits per heavy atom. The lowest BCUT2D eigenvalue weighted by Gasteiger charge is -2.33. The van der Waals surface area contributed by atoms with E-state index in [-0.39, 0.29) is 18.0 Å². The Bertz CT molecular complexity index is 359. The summed E-state index contributed by atoms with van der Waals surface area (Å²) in [6.45, 7) is 7.74. The van der Waals surface area contributed by atoms with Gasteiger partial charge in [-0.25, -0.2) is 4.79 Å². The van der Waals surface area contributed by atoms with Gasteiger partial charge in [0.15, 0.2) is 0 Å². The number of esters is 1. The summed E-state index contributed by atoms with van der Waals surface area (Å²) in [6, 6.07) is 0. The average Bonchev–Trinajstić information content (AvgIpc) is 2.33.